The molecule has 1 saturated carbocycles. The number of hydrogen-bond donors (Lipinski definition) is 1. The zero-order valence-electron chi connectivity index (χ0n) is 19.0. The van der Waals surface area contributed by atoms with Crippen LogP contribution in [0, 0.1) is 5.92 Å². The number of benzene rings is 2. The predicted octanol–water partition coefficient (Wildman–Crippen LogP) is 1.96. The van der Waals surface area contributed by atoms with Crippen LogP contribution in [0.15, 0.2) is 48.5 Å². The first-order valence-electron chi connectivity index (χ1n) is 11.5. The number of nitrogens with zero attached hydrogens (tertiary/aromatic N) is 3. The highest BCUT2D eigenvalue weighted by Crippen LogP contribution is 2.44. The van der Waals surface area contributed by atoms with Crippen molar-refractivity contribution in [2.24, 2.45) is 5.92 Å². The van der Waals surface area contributed by atoms with Crippen molar-refractivity contribution in [3.63, 3.8) is 0 Å². The van der Waals surface area contributed by atoms with E-state index in [0.29, 0.717) is 12.1 Å². The van der Waals surface area contributed by atoms with E-state index in [0.717, 1.165) is 29.5 Å². The molecular formula is C26H29N3O4. The first-order valence-corrected chi connectivity index (χ1v) is 11.5. The number of aliphatic hydroxyl groups excluding tert-OH is 1. The second kappa shape index (κ2) is 8.30. The molecular weight excluding hydrogens is 418 g/mol. The van der Waals surface area contributed by atoms with Crippen molar-refractivity contribution in [1.29, 1.82) is 0 Å². The molecule has 2 aromatic carbocycles. The molecule has 2 saturated heterocycles. The summed E-state index contributed by atoms with van der Waals surface area (Å²) >= 11 is 0. The molecule has 5 rings (SSSR count). The molecule has 172 valence electrons. The van der Waals surface area contributed by atoms with Gasteiger partial charge in [-0.2, -0.15) is 0 Å². The van der Waals surface area contributed by atoms with Crippen molar-refractivity contribution < 1.29 is 19.5 Å². The van der Waals surface area contributed by atoms with Crippen LogP contribution in [0.25, 0.3) is 11.1 Å². The van der Waals surface area contributed by atoms with Gasteiger partial charge in [-0.3, -0.25) is 14.4 Å². The van der Waals surface area contributed by atoms with Gasteiger partial charge in [0.2, 0.25) is 11.8 Å². The van der Waals surface area contributed by atoms with Gasteiger partial charge in [0.15, 0.2) is 0 Å². The average Bonchev–Trinajstić information content (AvgIpc) is 3.65. The molecule has 2 aromatic rings. The van der Waals surface area contributed by atoms with Crippen LogP contribution in [0.3, 0.4) is 0 Å². The van der Waals surface area contributed by atoms with E-state index in [4.69, 9.17) is 0 Å². The quantitative estimate of drug-likeness (QED) is 0.760. The Morgan fingerprint density at radius 3 is 2.15 bits per heavy atom. The molecule has 0 radical (unpaired) electrons. The normalized spacial score (nSPS) is 24.2. The van der Waals surface area contributed by atoms with E-state index in [1.54, 1.807) is 28.8 Å². The van der Waals surface area contributed by atoms with Crippen molar-refractivity contribution in [3.8, 4) is 11.1 Å². The Balaban J connectivity index is 1.34. The third-order valence-electron chi connectivity index (χ3n) is 7.16. The largest absolute Gasteiger partial charge is 0.394 e. The highest BCUT2D eigenvalue weighted by atomic mass is 16.3. The molecule has 0 bridgehead atoms. The smallest absolute Gasteiger partial charge is 0.253 e. The third-order valence-corrected chi connectivity index (χ3v) is 7.16. The van der Waals surface area contributed by atoms with Crippen molar-refractivity contribution in [2.75, 3.05) is 33.8 Å². The molecule has 3 fully saturated rings. The number of carbonyl (C=O) groups is 3. The van der Waals surface area contributed by atoms with Crippen molar-refractivity contribution >= 4 is 17.7 Å². The zero-order chi connectivity index (χ0) is 23.3. The summed E-state index contributed by atoms with van der Waals surface area (Å²) in [5.74, 6) is 0.0936. The zero-order valence-corrected chi connectivity index (χ0v) is 19.0. The average molecular weight is 448 g/mol. The fourth-order valence-electron chi connectivity index (χ4n) is 5.22. The molecule has 7 nitrogen and oxygen atoms in total. The van der Waals surface area contributed by atoms with Crippen LogP contribution in [0.1, 0.15) is 34.7 Å². The maximum absolute atomic E-state index is 12.7. The monoisotopic (exact) mass is 447 g/mol. The summed E-state index contributed by atoms with van der Waals surface area (Å²) in [5.41, 5.74) is 3.75. The van der Waals surface area contributed by atoms with Gasteiger partial charge in [-0.05, 0) is 41.7 Å². The highest BCUT2D eigenvalue weighted by Gasteiger charge is 2.55. The number of aliphatic hydroxyl groups is 1. The van der Waals surface area contributed by atoms with E-state index in [9.17, 15) is 19.5 Å². The van der Waals surface area contributed by atoms with Gasteiger partial charge in [-0.25, -0.2) is 0 Å². The molecule has 1 N–H and O–H groups in total. The summed E-state index contributed by atoms with van der Waals surface area (Å²) in [6.45, 7) is 0.568. The van der Waals surface area contributed by atoms with Crippen LogP contribution < -0.4 is 0 Å². The minimum atomic E-state index is -0.247. The number of carbonyl (C=O) groups excluding carboxylic acids is 3. The Morgan fingerprint density at radius 1 is 1.00 bits per heavy atom. The summed E-state index contributed by atoms with van der Waals surface area (Å²) in [5, 5.41) is 9.98. The lowest BCUT2D eigenvalue weighted by Gasteiger charge is -2.58. The summed E-state index contributed by atoms with van der Waals surface area (Å²) in [4.78, 5) is 42.4. The molecule has 33 heavy (non-hydrogen) atoms. The van der Waals surface area contributed by atoms with Crippen molar-refractivity contribution in [3.05, 3.63) is 59.7 Å². The van der Waals surface area contributed by atoms with Crippen LogP contribution in [0.2, 0.25) is 0 Å². The van der Waals surface area contributed by atoms with Gasteiger partial charge in [0.05, 0.1) is 25.2 Å². The molecule has 3 aliphatic rings. The number of fused-ring (bicyclic) bond motifs is 1. The summed E-state index contributed by atoms with van der Waals surface area (Å²) in [7, 11) is 3.47. The van der Waals surface area contributed by atoms with Gasteiger partial charge in [0, 0.05) is 38.0 Å². The number of rotatable bonds is 5. The van der Waals surface area contributed by atoms with Gasteiger partial charge in [0.1, 0.15) is 0 Å². The molecule has 7 heteroatoms. The molecule has 3 atom stereocenters. The number of piperazine rings is 1. The Morgan fingerprint density at radius 2 is 1.61 bits per heavy atom. The van der Waals surface area contributed by atoms with Gasteiger partial charge < -0.3 is 19.8 Å². The van der Waals surface area contributed by atoms with Crippen LogP contribution >= 0.6 is 0 Å². The van der Waals surface area contributed by atoms with Crippen molar-refractivity contribution in [2.45, 2.75) is 30.8 Å². The second-order valence-electron chi connectivity index (χ2n) is 9.54. The Bertz CT molecular complexity index is 1080. The number of amides is 3. The maximum atomic E-state index is 12.7. The van der Waals surface area contributed by atoms with Crippen LogP contribution in [-0.2, 0) is 9.59 Å². The Hall–Kier alpha value is -3.19. The van der Waals surface area contributed by atoms with Gasteiger partial charge in [-0.1, -0.05) is 36.4 Å². The van der Waals surface area contributed by atoms with Crippen molar-refractivity contribution in [1.82, 2.24) is 14.7 Å². The van der Waals surface area contributed by atoms with E-state index < -0.39 is 0 Å². The van der Waals surface area contributed by atoms with Crippen LogP contribution in [0.5, 0.6) is 0 Å². The molecule has 2 heterocycles. The van der Waals surface area contributed by atoms with Gasteiger partial charge in [0.25, 0.3) is 5.91 Å². The third kappa shape index (κ3) is 3.80. The first kappa shape index (κ1) is 21.6. The topological polar surface area (TPSA) is 81.2 Å². The fraction of sp³-hybridized carbons (Fsp3) is 0.423. The molecule has 2 aliphatic heterocycles. The van der Waals surface area contributed by atoms with Gasteiger partial charge in [-0.15, -0.1) is 0 Å². The summed E-state index contributed by atoms with van der Waals surface area (Å²) in [6, 6.07) is 15.4. The SMILES string of the molecule is CN(C)C(=O)c1ccc(-c2ccc([C@@H]3[C@H]4CN(C(=O)C5CC5)CC(=O)N4[C@H]3CO)cc2)cc1. The standard InChI is InChI=1S/C26H29N3O4/c1-27(2)25(32)19-9-5-17(6-10-19)16-3-7-18(8-4-16)24-21-13-28(26(33)20-11-12-20)14-23(31)29(21)22(24)15-30/h3-10,20-22,24,30H,11-15H2,1-2H3/t21-,22+,24-/m1/s1. The lowest BCUT2D eigenvalue weighted by molar-refractivity contribution is -0.167. The maximum Gasteiger partial charge on any atom is 0.253 e. The Labute approximate surface area is 193 Å². The summed E-state index contributed by atoms with van der Waals surface area (Å²) in [6.07, 6.45) is 1.85. The second-order valence-corrected chi connectivity index (χ2v) is 9.54. The van der Waals surface area contributed by atoms with E-state index >= 15 is 0 Å². The molecule has 0 aromatic heterocycles. The lowest BCUT2D eigenvalue weighted by Crippen LogP contribution is -2.73. The molecule has 0 unspecified atom stereocenters. The van der Waals surface area contributed by atoms with Gasteiger partial charge >= 0.3 is 0 Å². The minimum absolute atomic E-state index is 0.00268. The highest BCUT2D eigenvalue weighted by molar-refractivity contribution is 5.94. The van der Waals surface area contributed by atoms with E-state index in [1.807, 2.05) is 48.5 Å². The van der Waals surface area contributed by atoms with E-state index in [1.165, 1.54) is 0 Å². The Kier molecular flexibility index (Phi) is 5.44. The molecule has 0 spiro atoms. The van der Waals surface area contributed by atoms with Crippen LogP contribution in [-0.4, -0.2) is 83.4 Å². The van der Waals surface area contributed by atoms with E-state index in [2.05, 4.69) is 0 Å². The lowest BCUT2D eigenvalue weighted by atomic mass is 9.73. The fourth-order valence-corrected chi connectivity index (χ4v) is 5.22. The van der Waals surface area contributed by atoms with Crippen LogP contribution in [0.4, 0.5) is 0 Å². The molecule has 1 aliphatic carbocycles. The predicted molar refractivity (Wildman–Crippen MR) is 123 cm³/mol. The minimum Gasteiger partial charge on any atom is -0.394 e. The molecule has 3 amide bonds. The first-order chi connectivity index (χ1) is 15.9. The number of hydrogen-bond acceptors (Lipinski definition) is 4. The van der Waals surface area contributed by atoms with E-state index in [-0.39, 0.29) is 54.8 Å². The summed E-state index contributed by atoms with van der Waals surface area (Å²) < 4.78 is 0.